The quantitative estimate of drug-likeness (QED) is 0.829. The van der Waals surface area contributed by atoms with E-state index in [9.17, 15) is 8.42 Å². The Bertz CT molecular complexity index is 527. The number of pyridine rings is 1. The first kappa shape index (κ1) is 15.2. The van der Waals surface area contributed by atoms with Crippen molar-refractivity contribution in [3.05, 3.63) is 18.3 Å². The van der Waals surface area contributed by atoms with Crippen molar-refractivity contribution in [2.75, 3.05) is 25.5 Å². The standard InChI is InChI=1S/C13H21N3O3S/c1-14-13-10-12(6-7-15-13)20(17,18)16-8-5-11-4-2-3-9-19-11/h6-7,10-11,16H,2-5,8-9H2,1H3,(H,14,15). The number of ether oxygens (including phenoxy) is 1. The van der Waals surface area contributed by atoms with Crippen molar-refractivity contribution in [3.63, 3.8) is 0 Å². The summed E-state index contributed by atoms with van der Waals surface area (Å²) in [6.45, 7) is 1.18. The van der Waals surface area contributed by atoms with E-state index in [1.54, 1.807) is 7.05 Å². The first-order valence-electron chi connectivity index (χ1n) is 6.87. The number of anilines is 1. The molecular formula is C13H21N3O3S. The highest BCUT2D eigenvalue weighted by atomic mass is 32.2. The molecule has 2 N–H and O–H groups in total. The first-order chi connectivity index (χ1) is 9.62. The molecule has 0 aromatic carbocycles. The lowest BCUT2D eigenvalue weighted by Gasteiger charge is -2.22. The van der Waals surface area contributed by atoms with Crippen molar-refractivity contribution >= 4 is 15.8 Å². The number of aromatic nitrogens is 1. The van der Waals surface area contributed by atoms with Crippen LogP contribution in [0.3, 0.4) is 0 Å². The van der Waals surface area contributed by atoms with Gasteiger partial charge in [-0.25, -0.2) is 18.1 Å². The predicted molar refractivity (Wildman–Crippen MR) is 77.2 cm³/mol. The van der Waals surface area contributed by atoms with Gasteiger partial charge in [-0.15, -0.1) is 0 Å². The summed E-state index contributed by atoms with van der Waals surface area (Å²) in [6, 6.07) is 3.00. The maximum absolute atomic E-state index is 12.1. The Morgan fingerprint density at radius 1 is 1.45 bits per heavy atom. The van der Waals surface area contributed by atoms with Crippen LogP contribution in [-0.2, 0) is 14.8 Å². The summed E-state index contributed by atoms with van der Waals surface area (Å²) in [5.74, 6) is 0.531. The Balaban J connectivity index is 1.89. The first-order valence-corrected chi connectivity index (χ1v) is 8.35. The molecule has 0 bridgehead atoms. The molecule has 112 valence electrons. The number of sulfonamides is 1. The molecule has 0 radical (unpaired) electrons. The maximum Gasteiger partial charge on any atom is 0.240 e. The summed E-state index contributed by atoms with van der Waals surface area (Å²) >= 11 is 0. The molecule has 1 unspecified atom stereocenters. The predicted octanol–water partition coefficient (Wildman–Crippen LogP) is 1.36. The molecule has 1 aliphatic heterocycles. The van der Waals surface area contributed by atoms with Gasteiger partial charge < -0.3 is 10.1 Å². The van der Waals surface area contributed by atoms with E-state index in [1.807, 2.05) is 0 Å². The summed E-state index contributed by atoms with van der Waals surface area (Å²) < 4.78 is 32.5. The van der Waals surface area contributed by atoms with E-state index in [2.05, 4.69) is 15.0 Å². The minimum absolute atomic E-state index is 0.178. The molecule has 1 aromatic rings. The molecule has 1 aromatic heterocycles. The lowest BCUT2D eigenvalue weighted by atomic mass is 10.1. The van der Waals surface area contributed by atoms with E-state index < -0.39 is 10.0 Å². The number of nitrogens with zero attached hydrogens (tertiary/aromatic N) is 1. The Hall–Kier alpha value is -1.18. The molecule has 2 heterocycles. The van der Waals surface area contributed by atoms with Crippen LogP contribution in [0.1, 0.15) is 25.7 Å². The van der Waals surface area contributed by atoms with Crippen LogP contribution in [0.2, 0.25) is 0 Å². The molecule has 6 nitrogen and oxygen atoms in total. The maximum atomic E-state index is 12.1. The normalized spacial score (nSPS) is 19.8. The monoisotopic (exact) mass is 299 g/mol. The summed E-state index contributed by atoms with van der Waals surface area (Å²) in [5.41, 5.74) is 0. The van der Waals surface area contributed by atoms with E-state index in [0.29, 0.717) is 18.8 Å². The van der Waals surface area contributed by atoms with Crippen molar-refractivity contribution in [2.45, 2.75) is 36.7 Å². The molecular weight excluding hydrogens is 278 g/mol. The van der Waals surface area contributed by atoms with Gasteiger partial charge in [-0.3, -0.25) is 0 Å². The van der Waals surface area contributed by atoms with Crippen LogP contribution in [0.15, 0.2) is 23.2 Å². The zero-order chi connectivity index (χ0) is 14.4. The fourth-order valence-corrected chi connectivity index (χ4v) is 3.25. The molecule has 20 heavy (non-hydrogen) atoms. The highest BCUT2D eigenvalue weighted by Gasteiger charge is 2.17. The number of rotatable bonds is 6. The zero-order valence-corrected chi connectivity index (χ0v) is 12.4. The molecule has 0 saturated carbocycles. The topological polar surface area (TPSA) is 80.3 Å². The van der Waals surface area contributed by atoms with Gasteiger partial charge in [0, 0.05) is 32.5 Å². The lowest BCUT2D eigenvalue weighted by molar-refractivity contribution is 0.0123. The van der Waals surface area contributed by atoms with Crippen molar-refractivity contribution in [2.24, 2.45) is 0 Å². The minimum Gasteiger partial charge on any atom is -0.378 e. The van der Waals surface area contributed by atoms with Gasteiger partial charge in [-0.1, -0.05) is 0 Å². The fourth-order valence-electron chi connectivity index (χ4n) is 2.19. The van der Waals surface area contributed by atoms with E-state index in [1.165, 1.54) is 18.3 Å². The SMILES string of the molecule is CNc1cc(S(=O)(=O)NCCC2CCCCO2)ccn1. The Morgan fingerprint density at radius 3 is 3.00 bits per heavy atom. The van der Waals surface area contributed by atoms with Crippen molar-refractivity contribution in [3.8, 4) is 0 Å². The Kier molecular flexibility index (Phi) is 5.33. The van der Waals surface area contributed by atoms with Crippen LogP contribution in [0.4, 0.5) is 5.82 Å². The van der Waals surface area contributed by atoms with Gasteiger partial charge in [0.1, 0.15) is 5.82 Å². The van der Waals surface area contributed by atoms with E-state index in [-0.39, 0.29) is 11.0 Å². The van der Waals surface area contributed by atoms with Crippen LogP contribution < -0.4 is 10.0 Å². The van der Waals surface area contributed by atoms with Crippen LogP contribution in [0, 0.1) is 0 Å². The lowest BCUT2D eigenvalue weighted by Crippen LogP contribution is -2.29. The van der Waals surface area contributed by atoms with Gasteiger partial charge >= 0.3 is 0 Å². The van der Waals surface area contributed by atoms with Gasteiger partial charge in [0.15, 0.2) is 0 Å². The molecule has 2 rings (SSSR count). The molecule has 0 spiro atoms. The van der Waals surface area contributed by atoms with Gasteiger partial charge in [0.25, 0.3) is 0 Å². The second-order valence-corrected chi connectivity index (χ2v) is 6.57. The highest BCUT2D eigenvalue weighted by molar-refractivity contribution is 7.89. The van der Waals surface area contributed by atoms with Gasteiger partial charge in [-0.2, -0.15) is 0 Å². The Morgan fingerprint density at radius 2 is 2.30 bits per heavy atom. The fraction of sp³-hybridized carbons (Fsp3) is 0.615. The van der Waals surface area contributed by atoms with Crippen LogP contribution in [0.5, 0.6) is 0 Å². The summed E-state index contributed by atoms with van der Waals surface area (Å²) in [7, 11) is -1.78. The van der Waals surface area contributed by atoms with Gasteiger partial charge in [-0.05, 0) is 31.7 Å². The van der Waals surface area contributed by atoms with Crippen LogP contribution in [0.25, 0.3) is 0 Å². The third kappa shape index (κ3) is 4.16. The van der Waals surface area contributed by atoms with Crippen molar-refractivity contribution in [1.29, 1.82) is 0 Å². The molecule has 1 fully saturated rings. The number of nitrogens with one attached hydrogen (secondary N) is 2. The smallest absolute Gasteiger partial charge is 0.240 e. The van der Waals surface area contributed by atoms with E-state index in [4.69, 9.17) is 4.74 Å². The zero-order valence-electron chi connectivity index (χ0n) is 11.6. The third-order valence-corrected chi connectivity index (χ3v) is 4.79. The third-order valence-electron chi connectivity index (χ3n) is 3.33. The molecule has 0 aliphatic carbocycles. The Labute approximate surface area is 120 Å². The van der Waals surface area contributed by atoms with E-state index >= 15 is 0 Å². The van der Waals surface area contributed by atoms with Crippen molar-refractivity contribution in [1.82, 2.24) is 9.71 Å². The average Bonchev–Trinajstić information content (AvgIpc) is 2.48. The molecule has 7 heteroatoms. The highest BCUT2D eigenvalue weighted by Crippen LogP contribution is 2.16. The van der Waals surface area contributed by atoms with Gasteiger partial charge in [0.05, 0.1) is 11.0 Å². The number of hydrogen-bond donors (Lipinski definition) is 2. The molecule has 1 saturated heterocycles. The van der Waals surface area contributed by atoms with Crippen LogP contribution >= 0.6 is 0 Å². The van der Waals surface area contributed by atoms with Crippen LogP contribution in [-0.4, -0.2) is 39.7 Å². The molecule has 1 atom stereocenters. The minimum atomic E-state index is -3.48. The molecule has 1 aliphatic rings. The second kappa shape index (κ2) is 7.01. The van der Waals surface area contributed by atoms with Crippen molar-refractivity contribution < 1.29 is 13.2 Å². The number of hydrogen-bond acceptors (Lipinski definition) is 5. The largest absolute Gasteiger partial charge is 0.378 e. The summed E-state index contributed by atoms with van der Waals surface area (Å²) in [6.07, 6.45) is 5.64. The second-order valence-electron chi connectivity index (χ2n) is 4.80. The summed E-state index contributed by atoms with van der Waals surface area (Å²) in [5, 5.41) is 2.82. The summed E-state index contributed by atoms with van der Waals surface area (Å²) in [4.78, 5) is 4.23. The average molecular weight is 299 g/mol. The molecule has 0 amide bonds. The van der Waals surface area contributed by atoms with Gasteiger partial charge in [0.2, 0.25) is 10.0 Å². The van der Waals surface area contributed by atoms with E-state index in [0.717, 1.165) is 25.9 Å².